The van der Waals surface area contributed by atoms with Gasteiger partial charge >= 0.3 is 5.97 Å². The van der Waals surface area contributed by atoms with Crippen molar-refractivity contribution in [3.63, 3.8) is 0 Å². The Balaban J connectivity index is 2.03. The molecule has 1 N–H and O–H groups in total. The molecule has 126 valence electrons. The van der Waals surface area contributed by atoms with Crippen LogP contribution in [0.4, 0.5) is 4.39 Å². The second-order valence-electron chi connectivity index (χ2n) is 5.45. The third kappa shape index (κ3) is 4.55. The van der Waals surface area contributed by atoms with Crippen molar-refractivity contribution < 1.29 is 23.8 Å². The summed E-state index contributed by atoms with van der Waals surface area (Å²) in [5, 5.41) is 8.56. The van der Waals surface area contributed by atoms with E-state index in [0.29, 0.717) is 23.4 Å². The molecule has 0 saturated heterocycles. The van der Waals surface area contributed by atoms with Gasteiger partial charge in [0.15, 0.2) is 6.61 Å². The number of nitrogens with zero attached hydrogens (tertiary/aromatic N) is 1. The van der Waals surface area contributed by atoms with Crippen molar-refractivity contribution in [3.8, 4) is 5.75 Å². The molecule has 0 unspecified atom stereocenters. The fraction of sp³-hybridized carbons (Fsp3) is 0.222. The number of carbonyl (C=O) groups excluding carboxylic acids is 1. The van der Waals surface area contributed by atoms with Crippen LogP contribution in [-0.2, 0) is 11.3 Å². The summed E-state index contributed by atoms with van der Waals surface area (Å²) in [6, 6.07) is 10.9. The van der Waals surface area contributed by atoms with E-state index in [0.717, 1.165) is 5.56 Å². The predicted molar refractivity (Wildman–Crippen MR) is 86.5 cm³/mol. The highest BCUT2D eigenvalue weighted by Gasteiger charge is 2.15. The average molecular weight is 331 g/mol. The molecule has 0 spiro atoms. The molecule has 0 aliphatic rings. The molecule has 2 rings (SSSR count). The Morgan fingerprint density at radius 1 is 1.17 bits per heavy atom. The molecule has 0 saturated carbocycles. The van der Waals surface area contributed by atoms with Crippen LogP contribution < -0.4 is 4.74 Å². The van der Waals surface area contributed by atoms with Crippen molar-refractivity contribution in [1.29, 1.82) is 0 Å². The standard InChI is InChI=1S/C18H18FNO4/c1-12-3-6-14(19)9-16(12)18(23)20(2)10-13-4-7-15(8-5-13)24-11-17(21)22/h3-9H,10-11H2,1-2H3,(H,21,22). The van der Waals surface area contributed by atoms with Crippen molar-refractivity contribution in [1.82, 2.24) is 4.90 Å². The molecule has 0 bridgehead atoms. The molecule has 2 aromatic rings. The van der Waals surface area contributed by atoms with Crippen LogP contribution in [0.2, 0.25) is 0 Å². The van der Waals surface area contributed by atoms with Crippen molar-refractivity contribution >= 4 is 11.9 Å². The normalized spacial score (nSPS) is 10.3. The molecule has 6 heteroatoms. The molecule has 0 aromatic heterocycles. The number of aliphatic carboxylic acids is 1. The average Bonchev–Trinajstić information content (AvgIpc) is 2.55. The van der Waals surface area contributed by atoms with E-state index in [4.69, 9.17) is 9.84 Å². The Hall–Kier alpha value is -2.89. The summed E-state index contributed by atoms with van der Waals surface area (Å²) in [5.74, 6) is -1.32. The number of hydrogen-bond acceptors (Lipinski definition) is 3. The van der Waals surface area contributed by atoms with E-state index < -0.39 is 18.4 Å². The maximum absolute atomic E-state index is 13.3. The number of carboxylic acids is 1. The maximum atomic E-state index is 13.3. The second-order valence-corrected chi connectivity index (χ2v) is 5.45. The van der Waals surface area contributed by atoms with Gasteiger partial charge in [-0.1, -0.05) is 18.2 Å². The van der Waals surface area contributed by atoms with Gasteiger partial charge < -0.3 is 14.7 Å². The lowest BCUT2D eigenvalue weighted by atomic mass is 10.1. The van der Waals surface area contributed by atoms with Gasteiger partial charge in [0.05, 0.1) is 0 Å². The number of benzene rings is 2. The van der Waals surface area contributed by atoms with Crippen LogP contribution in [0.5, 0.6) is 5.75 Å². The zero-order valence-corrected chi connectivity index (χ0v) is 13.5. The zero-order valence-electron chi connectivity index (χ0n) is 13.5. The molecule has 0 radical (unpaired) electrons. The summed E-state index contributed by atoms with van der Waals surface area (Å²) in [7, 11) is 1.64. The first kappa shape index (κ1) is 17.5. The predicted octanol–water partition coefficient (Wildman–Crippen LogP) is 2.87. The van der Waals surface area contributed by atoms with Crippen LogP contribution in [0.15, 0.2) is 42.5 Å². The van der Waals surface area contributed by atoms with Gasteiger partial charge in [0.2, 0.25) is 0 Å². The number of hydrogen-bond donors (Lipinski definition) is 1. The van der Waals surface area contributed by atoms with Crippen LogP contribution in [0, 0.1) is 12.7 Å². The molecule has 24 heavy (non-hydrogen) atoms. The Morgan fingerprint density at radius 2 is 1.83 bits per heavy atom. The van der Waals surface area contributed by atoms with Crippen molar-refractivity contribution in [2.45, 2.75) is 13.5 Å². The lowest BCUT2D eigenvalue weighted by molar-refractivity contribution is -0.139. The molecular weight excluding hydrogens is 313 g/mol. The minimum atomic E-state index is -1.05. The van der Waals surface area contributed by atoms with E-state index in [9.17, 15) is 14.0 Å². The largest absolute Gasteiger partial charge is 0.482 e. The van der Waals surface area contributed by atoms with Crippen molar-refractivity contribution in [2.75, 3.05) is 13.7 Å². The van der Waals surface area contributed by atoms with Crippen LogP contribution in [0.25, 0.3) is 0 Å². The van der Waals surface area contributed by atoms with Gasteiger partial charge in [0.1, 0.15) is 11.6 Å². The Kier molecular flexibility index (Phi) is 5.52. The summed E-state index contributed by atoms with van der Waals surface area (Å²) in [6.07, 6.45) is 0. The fourth-order valence-electron chi connectivity index (χ4n) is 2.21. The molecule has 2 aromatic carbocycles. The Labute approximate surface area is 139 Å². The molecule has 0 aliphatic heterocycles. The van der Waals surface area contributed by atoms with Crippen molar-refractivity contribution in [3.05, 3.63) is 65.0 Å². The second kappa shape index (κ2) is 7.59. The Bertz CT molecular complexity index is 743. The molecule has 0 heterocycles. The highest BCUT2D eigenvalue weighted by molar-refractivity contribution is 5.95. The summed E-state index contributed by atoms with van der Waals surface area (Å²) in [5.41, 5.74) is 1.90. The molecule has 0 fully saturated rings. The molecule has 5 nitrogen and oxygen atoms in total. The SMILES string of the molecule is Cc1ccc(F)cc1C(=O)N(C)Cc1ccc(OCC(=O)O)cc1. The third-order valence-corrected chi connectivity index (χ3v) is 3.48. The van der Waals surface area contributed by atoms with Crippen molar-refractivity contribution in [2.24, 2.45) is 0 Å². The lowest BCUT2D eigenvalue weighted by Crippen LogP contribution is -2.27. The number of aryl methyl sites for hydroxylation is 1. The molecule has 0 atom stereocenters. The van der Waals surface area contributed by atoms with Gasteiger partial charge in [-0.05, 0) is 42.3 Å². The van der Waals surface area contributed by atoms with Crippen LogP contribution in [0.3, 0.4) is 0 Å². The maximum Gasteiger partial charge on any atom is 0.341 e. The van der Waals surface area contributed by atoms with Crippen LogP contribution >= 0.6 is 0 Å². The molecule has 0 aliphatic carbocycles. The van der Waals surface area contributed by atoms with E-state index in [1.54, 1.807) is 44.3 Å². The first-order valence-electron chi connectivity index (χ1n) is 7.32. The topological polar surface area (TPSA) is 66.8 Å². The number of ether oxygens (including phenoxy) is 1. The van der Waals surface area contributed by atoms with Gasteiger partial charge in [-0.25, -0.2) is 9.18 Å². The quantitative estimate of drug-likeness (QED) is 0.884. The zero-order chi connectivity index (χ0) is 17.7. The Morgan fingerprint density at radius 3 is 2.46 bits per heavy atom. The smallest absolute Gasteiger partial charge is 0.341 e. The van der Waals surface area contributed by atoms with Gasteiger partial charge in [-0.15, -0.1) is 0 Å². The number of amides is 1. The summed E-state index contributed by atoms with van der Waals surface area (Å²) in [4.78, 5) is 24.4. The van der Waals surface area contributed by atoms with E-state index in [1.165, 1.54) is 17.0 Å². The number of halogens is 1. The summed E-state index contributed by atoms with van der Waals surface area (Å²) >= 11 is 0. The van der Waals surface area contributed by atoms with E-state index in [1.807, 2.05) is 0 Å². The van der Waals surface area contributed by atoms with Gasteiger partial charge in [-0.3, -0.25) is 4.79 Å². The number of carbonyl (C=O) groups is 2. The number of rotatable bonds is 6. The highest BCUT2D eigenvalue weighted by atomic mass is 19.1. The minimum absolute atomic E-state index is 0.266. The first-order valence-corrected chi connectivity index (χ1v) is 7.32. The van der Waals surface area contributed by atoms with E-state index >= 15 is 0 Å². The minimum Gasteiger partial charge on any atom is -0.482 e. The van der Waals surface area contributed by atoms with E-state index in [2.05, 4.69) is 0 Å². The first-order chi connectivity index (χ1) is 11.4. The van der Waals surface area contributed by atoms with E-state index in [-0.39, 0.29) is 5.91 Å². The monoisotopic (exact) mass is 331 g/mol. The summed E-state index contributed by atoms with van der Waals surface area (Å²) < 4.78 is 18.4. The molecule has 1 amide bonds. The third-order valence-electron chi connectivity index (χ3n) is 3.48. The summed E-state index contributed by atoms with van der Waals surface area (Å²) in [6.45, 7) is 1.69. The van der Waals surface area contributed by atoms with Gasteiger partial charge in [0, 0.05) is 19.2 Å². The fourth-order valence-corrected chi connectivity index (χ4v) is 2.21. The lowest BCUT2D eigenvalue weighted by Gasteiger charge is -2.18. The van der Waals surface area contributed by atoms with Crippen LogP contribution in [0.1, 0.15) is 21.5 Å². The van der Waals surface area contributed by atoms with Crippen LogP contribution in [-0.4, -0.2) is 35.5 Å². The van der Waals surface area contributed by atoms with Gasteiger partial charge in [-0.2, -0.15) is 0 Å². The molecular formula is C18H18FNO4. The van der Waals surface area contributed by atoms with Gasteiger partial charge in [0.25, 0.3) is 5.91 Å². The number of carboxylic acid groups (broad SMARTS) is 1. The highest BCUT2D eigenvalue weighted by Crippen LogP contribution is 2.16.